The highest BCUT2D eigenvalue weighted by molar-refractivity contribution is 7.91. The van der Waals surface area contributed by atoms with Crippen molar-refractivity contribution in [1.82, 2.24) is 25.2 Å². The van der Waals surface area contributed by atoms with E-state index in [0.717, 1.165) is 12.0 Å². The first-order valence-corrected chi connectivity index (χ1v) is 20.6. The van der Waals surface area contributed by atoms with Gasteiger partial charge in [-0.2, -0.15) is 0 Å². The molecular formula is C40H46FN5O9S. The monoisotopic (exact) mass is 791 g/mol. The number of rotatable bonds is 10. The van der Waals surface area contributed by atoms with Crippen LogP contribution in [0.4, 0.5) is 9.18 Å². The number of carbonyl (C=O) groups excluding carboxylic acids is 4. The molecule has 0 radical (unpaired) electrons. The number of alkyl halides is 1. The number of hydrogen-bond acceptors (Lipinski definition) is 10. The second-order valence-corrected chi connectivity index (χ2v) is 16.7. The van der Waals surface area contributed by atoms with Gasteiger partial charge >= 0.3 is 6.09 Å². The largest absolute Gasteiger partial charge is 0.497 e. The molecule has 0 spiro atoms. The van der Waals surface area contributed by atoms with Gasteiger partial charge in [0.25, 0.3) is 5.91 Å². The number of fused-ring (bicyclic) bond motifs is 3. The van der Waals surface area contributed by atoms with Crippen molar-refractivity contribution >= 4 is 44.7 Å². The molecule has 4 aliphatic rings. The third-order valence-electron chi connectivity index (χ3n) is 10.8. The van der Waals surface area contributed by atoms with Gasteiger partial charge in [-0.25, -0.2) is 22.6 Å². The fourth-order valence-electron chi connectivity index (χ4n) is 7.50. The molecule has 7 rings (SSSR count). The van der Waals surface area contributed by atoms with Crippen LogP contribution in [0.5, 0.6) is 11.5 Å². The first-order chi connectivity index (χ1) is 27.0. The predicted octanol–water partition coefficient (Wildman–Crippen LogP) is 4.33. The minimum Gasteiger partial charge on any atom is -0.497 e. The molecule has 3 heterocycles. The Kier molecular flexibility index (Phi) is 11.5. The third kappa shape index (κ3) is 8.59. The lowest BCUT2D eigenvalue weighted by molar-refractivity contribution is -0.141. The smallest absolute Gasteiger partial charge is 0.407 e. The average Bonchev–Trinajstić information content (AvgIpc) is 4.12. The summed E-state index contributed by atoms with van der Waals surface area (Å²) in [7, 11) is -2.36. The van der Waals surface area contributed by atoms with Crippen LogP contribution in [-0.4, -0.2) is 98.0 Å². The summed E-state index contributed by atoms with van der Waals surface area (Å²) in [5.74, 6) is -1.47. The van der Waals surface area contributed by atoms with Crippen molar-refractivity contribution in [1.29, 1.82) is 0 Å². The number of alkyl carbamates (subject to hydrolysis) is 1. The summed E-state index contributed by atoms with van der Waals surface area (Å²) < 4.78 is 57.8. The number of methoxy groups -OCH3 is 1. The molecule has 2 aromatic carbocycles. The second-order valence-electron chi connectivity index (χ2n) is 14.8. The third-order valence-corrected chi connectivity index (χ3v) is 12.6. The van der Waals surface area contributed by atoms with Crippen molar-refractivity contribution in [3.63, 3.8) is 0 Å². The van der Waals surface area contributed by atoms with E-state index in [2.05, 4.69) is 15.4 Å². The molecule has 3 fully saturated rings. The zero-order valence-electron chi connectivity index (χ0n) is 31.1. The van der Waals surface area contributed by atoms with E-state index >= 15 is 0 Å². The van der Waals surface area contributed by atoms with Gasteiger partial charge in [0.1, 0.15) is 48.5 Å². The summed E-state index contributed by atoms with van der Waals surface area (Å²) in [6, 6.07) is 14.4. The Morgan fingerprint density at radius 2 is 1.86 bits per heavy atom. The van der Waals surface area contributed by atoms with Crippen molar-refractivity contribution in [3.8, 4) is 22.8 Å². The van der Waals surface area contributed by atoms with Crippen LogP contribution in [0.25, 0.3) is 22.2 Å². The summed E-state index contributed by atoms with van der Waals surface area (Å²) in [4.78, 5) is 61.5. The van der Waals surface area contributed by atoms with E-state index in [1.54, 1.807) is 25.3 Å². The number of halogens is 1. The molecule has 2 saturated carbocycles. The van der Waals surface area contributed by atoms with Crippen LogP contribution in [0.1, 0.15) is 57.8 Å². The van der Waals surface area contributed by atoms with Gasteiger partial charge in [-0.1, -0.05) is 55.3 Å². The van der Waals surface area contributed by atoms with E-state index in [0.29, 0.717) is 60.2 Å². The zero-order chi connectivity index (χ0) is 39.5. The summed E-state index contributed by atoms with van der Waals surface area (Å²) in [6.07, 6.45) is 6.06. The van der Waals surface area contributed by atoms with Crippen LogP contribution >= 0.6 is 0 Å². The Bertz CT molecular complexity index is 2120. The van der Waals surface area contributed by atoms with Crippen molar-refractivity contribution in [3.05, 3.63) is 66.7 Å². The number of aromatic nitrogens is 1. The maximum atomic E-state index is 14.5. The van der Waals surface area contributed by atoms with Crippen LogP contribution in [0.2, 0.25) is 0 Å². The van der Waals surface area contributed by atoms with Crippen LogP contribution in [0.15, 0.2) is 66.7 Å². The lowest BCUT2D eigenvalue weighted by atomic mass is 10.0. The number of nitrogens with zero attached hydrogens (tertiary/aromatic N) is 2. The molecule has 5 atom stereocenters. The predicted molar refractivity (Wildman–Crippen MR) is 204 cm³/mol. The fraction of sp³-hybridized carbons (Fsp3) is 0.475. The first-order valence-electron chi connectivity index (χ1n) is 19.1. The summed E-state index contributed by atoms with van der Waals surface area (Å²) >= 11 is 0. The minimum atomic E-state index is -3.92. The van der Waals surface area contributed by atoms with Gasteiger partial charge in [0, 0.05) is 35.4 Å². The number of pyridine rings is 1. The summed E-state index contributed by atoms with van der Waals surface area (Å²) in [5.41, 5.74) is 0.522. The number of amides is 4. The maximum Gasteiger partial charge on any atom is 0.407 e. The highest BCUT2D eigenvalue weighted by Crippen LogP contribution is 2.46. The number of sulfonamides is 1. The molecule has 4 amide bonds. The highest BCUT2D eigenvalue weighted by Gasteiger charge is 2.62. The molecule has 14 nitrogen and oxygen atoms in total. The van der Waals surface area contributed by atoms with Crippen molar-refractivity contribution < 1.29 is 46.2 Å². The first kappa shape index (κ1) is 39.0. The molecule has 0 bridgehead atoms. The molecule has 1 saturated heterocycles. The van der Waals surface area contributed by atoms with Crippen LogP contribution in [0, 0.1) is 5.92 Å². The van der Waals surface area contributed by atoms with Gasteiger partial charge in [0.2, 0.25) is 21.8 Å². The normalized spacial score (nSPS) is 25.5. The second kappa shape index (κ2) is 16.5. The van der Waals surface area contributed by atoms with Crippen LogP contribution in [0.3, 0.4) is 0 Å². The van der Waals surface area contributed by atoms with E-state index in [1.165, 1.54) is 4.90 Å². The Morgan fingerprint density at radius 1 is 1.05 bits per heavy atom. The quantitative estimate of drug-likeness (QED) is 0.250. The molecule has 2 aliphatic heterocycles. The Labute approximate surface area is 324 Å². The number of benzene rings is 2. The summed E-state index contributed by atoms with van der Waals surface area (Å²) in [5, 5.41) is 5.45. The molecule has 16 heteroatoms. The van der Waals surface area contributed by atoms with E-state index in [4.69, 9.17) is 19.2 Å². The standard InChI is InChI=1S/C40H46FN5O9S/c1-53-27-14-17-30-33(20-27)42-32(25-10-6-5-7-11-25)22-35(30)55-28-21-34-36(47)44-40(38(49)45-56(51,52)29-15-16-29)23-26(40)12-8-3-2-4-9-13-31(37(48)46(34)24-28)43-39(50)54-19-18-41/h5-8,10-12,14,17,20,22,26,28-29,31,34H,2-4,9,13,15-16,18-19,21,23-24H2,1H3,(H,43,50)(H,44,47)(H,45,49)/t26?,28-,31+,34+,40-/m1/s1. The van der Waals surface area contributed by atoms with Gasteiger partial charge in [-0.15, -0.1) is 0 Å². The van der Waals surface area contributed by atoms with E-state index < -0.39 is 82.0 Å². The Hall–Kier alpha value is -5.25. The van der Waals surface area contributed by atoms with Crippen LogP contribution < -0.4 is 24.8 Å². The highest BCUT2D eigenvalue weighted by atomic mass is 32.2. The van der Waals surface area contributed by atoms with Crippen molar-refractivity contribution in [2.45, 2.75) is 86.8 Å². The average molecular weight is 792 g/mol. The Morgan fingerprint density at radius 3 is 2.61 bits per heavy atom. The van der Waals surface area contributed by atoms with Gasteiger partial charge in [0.05, 0.1) is 30.1 Å². The number of carbonyl (C=O) groups is 4. The Balaban J connectivity index is 1.22. The summed E-state index contributed by atoms with van der Waals surface area (Å²) in [6.45, 7) is -1.44. The van der Waals surface area contributed by atoms with Gasteiger partial charge < -0.3 is 29.7 Å². The molecule has 3 N–H and O–H groups in total. The van der Waals surface area contributed by atoms with Gasteiger partial charge in [0.15, 0.2) is 0 Å². The number of hydrogen-bond donors (Lipinski definition) is 3. The van der Waals surface area contributed by atoms with Gasteiger partial charge in [-0.3, -0.25) is 19.1 Å². The lowest BCUT2D eigenvalue weighted by Crippen LogP contribution is -2.58. The SMILES string of the molecule is COc1ccc2c(O[C@@H]3C[C@H]4C(=O)N[C@]5(C(=O)NS(=O)(=O)C6CC6)CC5C=CCCCCC[C@H](NC(=O)OCCF)C(=O)N4C3)cc(-c3ccccc3)nc2c1. The zero-order valence-corrected chi connectivity index (χ0v) is 31.9. The topological polar surface area (TPSA) is 182 Å². The number of ether oxygens (including phenoxy) is 3. The molecule has 1 aromatic heterocycles. The van der Waals surface area contributed by atoms with Crippen molar-refractivity contribution in [2.75, 3.05) is 26.9 Å². The van der Waals surface area contributed by atoms with Gasteiger partial charge in [-0.05, 0) is 50.7 Å². The number of allylic oxidation sites excluding steroid dienone is 1. The molecule has 56 heavy (non-hydrogen) atoms. The fourth-order valence-corrected chi connectivity index (χ4v) is 8.86. The molecule has 298 valence electrons. The molecular weight excluding hydrogens is 746 g/mol. The molecule has 1 unspecified atom stereocenters. The van der Waals surface area contributed by atoms with Crippen LogP contribution in [-0.2, 0) is 29.1 Å². The van der Waals surface area contributed by atoms with E-state index in [9.17, 15) is 32.0 Å². The van der Waals surface area contributed by atoms with E-state index in [1.807, 2.05) is 48.6 Å². The molecule has 2 aliphatic carbocycles. The number of nitrogens with one attached hydrogen (secondary N) is 3. The maximum absolute atomic E-state index is 14.5. The van der Waals surface area contributed by atoms with E-state index in [-0.39, 0.29) is 25.8 Å². The minimum absolute atomic E-state index is 0.00973. The lowest BCUT2D eigenvalue weighted by Gasteiger charge is -2.29. The van der Waals surface area contributed by atoms with Crippen molar-refractivity contribution in [2.24, 2.45) is 5.92 Å². The molecule has 3 aromatic rings.